The van der Waals surface area contributed by atoms with Gasteiger partial charge in [-0.1, -0.05) is 0 Å². The van der Waals surface area contributed by atoms with E-state index < -0.39 is 0 Å². The van der Waals surface area contributed by atoms with Crippen LogP contribution in [0.5, 0.6) is 0 Å². The van der Waals surface area contributed by atoms with Crippen LogP contribution in [0.4, 0.5) is 0 Å². The van der Waals surface area contributed by atoms with E-state index in [-0.39, 0.29) is 20.5 Å². The van der Waals surface area contributed by atoms with Crippen molar-refractivity contribution in [3.63, 3.8) is 0 Å². The van der Waals surface area contributed by atoms with Crippen molar-refractivity contribution >= 4 is 5.91 Å². The van der Waals surface area contributed by atoms with Crippen molar-refractivity contribution in [3.05, 3.63) is 0 Å². The average molecular weight is 281 g/mol. The van der Waals surface area contributed by atoms with Crippen molar-refractivity contribution in [2.24, 2.45) is 0 Å². The first-order valence-corrected chi connectivity index (χ1v) is 6.43. The van der Waals surface area contributed by atoms with Crippen molar-refractivity contribution < 1.29 is 30.3 Å². The second-order valence-electron chi connectivity index (χ2n) is 3.64. The minimum atomic E-state index is -0.149. The van der Waals surface area contributed by atoms with Crippen LogP contribution in [0.15, 0.2) is 0 Å². The van der Waals surface area contributed by atoms with E-state index in [2.05, 4.69) is 5.32 Å². The molecular formula is C12H27NO6. The summed E-state index contributed by atoms with van der Waals surface area (Å²) in [7, 11) is 1.56. The Kier molecular flexibility index (Phi) is 14.7. The average Bonchev–Trinajstić information content (AvgIpc) is 2.43. The smallest absolute Gasteiger partial charge is 0.245 e. The third-order valence-electron chi connectivity index (χ3n) is 2.07. The molecule has 0 aromatic carbocycles. The van der Waals surface area contributed by atoms with E-state index in [1.165, 1.54) is 0 Å². The Morgan fingerprint density at radius 2 is 1.42 bits per heavy atom. The topological polar surface area (TPSA) is 86.3 Å². The molecule has 0 aliphatic carbocycles. The van der Waals surface area contributed by atoms with Crippen molar-refractivity contribution in [2.45, 2.75) is 6.42 Å². The molecule has 116 valence electrons. The van der Waals surface area contributed by atoms with Crippen molar-refractivity contribution in [1.82, 2.24) is 5.32 Å². The zero-order valence-corrected chi connectivity index (χ0v) is 11.6. The zero-order chi connectivity index (χ0) is 14.2. The van der Waals surface area contributed by atoms with Crippen LogP contribution in [0.1, 0.15) is 7.85 Å². The van der Waals surface area contributed by atoms with Crippen LogP contribution in [0, 0.1) is 0 Å². The van der Waals surface area contributed by atoms with Crippen LogP contribution >= 0.6 is 0 Å². The van der Waals surface area contributed by atoms with E-state index in [9.17, 15) is 4.79 Å². The molecule has 0 heterocycles. The summed E-state index contributed by atoms with van der Waals surface area (Å²) in [6, 6.07) is 0. The molecule has 0 aliphatic heterocycles. The van der Waals surface area contributed by atoms with Gasteiger partial charge in [0.25, 0.3) is 0 Å². The van der Waals surface area contributed by atoms with Crippen LogP contribution in [0.2, 0.25) is 0 Å². The Bertz CT molecular complexity index is 208. The summed E-state index contributed by atoms with van der Waals surface area (Å²) < 4.78 is 20.7. The highest BCUT2D eigenvalue weighted by Crippen LogP contribution is 1.84. The minimum absolute atomic E-state index is 0. The first-order chi connectivity index (χ1) is 9.31. The Balaban J connectivity index is 0. The van der Waals surface area contributed by atoms with E-state index in [1.54, 1.807) is 7.05 Å². The number of nitrogens with one attached hydrogen (secondary N) is 1. The number of rotatable bonds is 14. The third-order valence-corrected chi connectivity index (χ3v) is 2.07. The number of aliphatic hydroxyl groups is 1. The quantitative estimate of drug-likeness (QED) is 0.415. The Labute approximate surface area is 115 Å². The molecule has 19 heavy (non-hydrogen) atoms. The van der Waals surface area contributed by atoms with Gasteiger partial charge in [0, 0.05) is 21.7 Å². The zero-order valence-electron chi connectivity index (χ0n) is 11.6. The number of amides is 1. The predicted molar refractivity (Wildman–Crippen MR) is 71.2 cm³/mol. The molecule has 0 rings (SSSR count). The Morgan fingerprint density at radius 1 is 0.947 bits per heavy atom. The number of hydrogen-bond acceptors (Lipinski definition) is 6. The van der Waals surface area contributed by atoms with Gasteiger partial charge in [-0.05, 0) is 6.42 Å². The molecule has 0 aromatic rings. The number of likely N-dealkylation sites (N-methyl/N-ethyl adjacent to an activating group) is 1. The maximum absolute atomic E-state index is 10.8. The second-order valence-corrected chi connectivity index (χ2v) is 3.64. The monoisotopic (exact) mass is 281 g/mol. The van der Waals surface area contributed by atoms with Gasteiger partial charge in [-0.2, -0.15) is 0 Å². The molecule has 7 nitrogen and oxygen atoms in total. The summed E-state index contributed by atoms with van der Waals surface area (Å²) in [5, 5.41) is 11.0. The predicted octanol–water partition coefficient (Wildman–Crippen LogP) is -0.573. The van der Waals surface area contributed by atoms with Gasteiger partial charge in [0.05, 0.1) is 39.6 Å². The molecule has 0 spiro atoms. The lowest BCUT2D eigenvalue weighted by molar-refractivity contribution is -0.125. The molecule has 0 saturated heterocycles. The fraction of sp³-hybridized carbons (Fsp3) is 0.917. The molecule has 0 aliphatic rings. The van der Waals surface area contributed by atoms with Crippen LogP contribution in [0.25, 0.3) is 0 Å². The maximum atomic E-state index is 10.8. The van der Waals surface area contributed by atoms with Gasteiger partial charge in [0.15, 0.2) is 0 Å². The molecule has 0 radical (unpaired) electrons. The fourth-order valence-corrected chi connectivity index (χ4v) is 1.06. The van der Waals surface area contributed by atoms with Gasteiger partial charge in [-0.15, -0.1) is 0 Å². The van der Waals surface area contributed by atoms with E-state index in [1.807, 2.05) is 0 Å². The molecule has 0 saturated carbocycles. The molecule has 0 fully saturated rings. The van der Waals surface area contributed by atoms with Gasteiger partial charge in [-0.25, -0.2) is 0 Å². The number of hydrogen-bond donors (Lipinski definition) is 2. The molecule has 0 atom stereocenters. The molecule has 2 N–H and O–H groups in total. The standard InChI is InChI=1S/C12H25NO6.H2/c1-13-12(15)11-19-10-9-18-8-7-17-6-5-16-4-2-3-14;/h14H,2-11H2,1H3,(H,13,15);1H. The van der Waals surface area contributed by atoms with E-state index in [0.29, 0.717) is 52.7 Å². The lowest BCUT2D eigenvalue weighted by Crippen LogP contribution is -2.24. The van der Waals surface area contributed by atoms with E-state index >= 15 is 0 Å². The summed E-state index contributed by atoms with van der Waals surface area (Å²) >= 11 is 0. The van der Waals surface area contributed by atoms with Gasteiger partial charge >= 0.3 is 0 Å². The van der Waals surface area contributed by atoms with Gasteiger partial charge in [0.2, 0.25) is 5.91 Å². The highest BCUT2D eigenvalue weighted by atomic mass is 16.6. The van der Waals surface area contributed by atoms with Crippen molar-refractivity contribution in [1.29, 1.82) is 0 Å². The lowest BCUT2D eigenvalue weighted by atomic mass is 10.5. The number of ether oxygens (including phenoxy) is 4. The minimum Gasteiger partial charge on any atom is -0.396 e. The highest BCUT2D eigenvalue weighted by Gasteiger charge is 1.96. The number of carbonyl (C=O) groups excluding carboxylic acids is 1. The van der Waals surface area contributed by atoms with Gasteiger partial charge in [-0.3, -0.25) is 4.79 Å². The highest BCUT2D eigenvalue weighted by molar-refractivity contribution is 5.76. The first kappa shape index (κ1) is 18.3. The molecule has 7 heteroatoms. The number of carbonyl (C=O) groups is 1. The second kappa shape index (κ2) is 15.3. The van der Waals surface area contributed by atoms with Crippen molar-refractivity contribution in [2.75, 3.05) is 66.5 Å². The van der Waals surface area contributed by atoms with Crippen LogP contribution in [-0.4, -0.2) is 77.5 Å². The summed E-state index contributed by atoms with van der Waals surface area (Å²) in [4.78, 5) is 10.8. The molecule has 0 unspecified atom stereocenters. The van der Waals surface area contributed by atoms with E-state index in [0.717, 1.165) is 0 Å². The largest absolute Gasteiger partial charge is 0.396 e. The first-order valence-electron chi connectivity index (χ1n) is 6.43. The molecule has 1 amide bonds. The van der Waals surface area contributed by atoms with Gasteiger partial charge in [0.1, 0.15) is 6.61 Å². The maximum Gasteiger partial charge on any atom is 0.245 e. The lowest BCUT2D eigenvalue weighted by Gasteiger charge is -2.07. The Morgan fingerprint density at radius 3 is 1.89 bits per heavy atom. The fourth-order valence-electron chi connectivity index (χ4n) is 1.06. The molecular weight excluding hydrogens is 254 g/mol. The number of aliphatic hydroxyl groups excluding tert-OH is 1. The SMILES string of the molecule is CNC(=O)COCCOCCOCCOCCCO.[HH]. The normalized spacial score (nSPS) is 10.6. The summed E-state index contributed by atoms with van der Waals surface area (Å²) in [5.74, 6) is -0.149. The van der Waals surface area contributed by atoms with Crippen LogP contribution < -0.4 is 5.32 Å². The van der Waals surface area contributed by atoms with Gasteiger partial charge < -0.3 is 29.4 Å². The summed E-state index contributed by atoms with van der Waals surface area (Å²) in [5.41, 5.74) is 0. The molecule has 0 aromatic heterocycles. The van der Waals surface area contributed by atoms with E-state index in [4.69, 9.17) is 24.1 Å². The summed E-state index contributed by atoms with van der Waals surface area (Å²) in [6.45, 7) is 3.61. The van der Waals surface area contributed by atoms with Crippen molar-refractivity contribution in [3.8, 4) is 0 Å². The summed E-state index contributed by atoms with van der Waals surface area (Å²) in [6.07, 6.45) is 0.652. The molecule has 0 bridgehead atoms. The Hall–Kier alpha value is -0.730. The third kappa shape index (κ3) is 15.2. The van der Waals surface area contributed by atoms with Crippen LogP contribution in [0.3, 0.4) is 0 Å². The van der Waals surface area contributed by atoms with Crippen LogP contribution in [-0.2, 0) is 23.7 Å².